The van der Waals surface area contributed by atoms with Crippen LogP contribution in [0, 0.1) is 0 Å². The second-order valence-electron chi connectivity index (χ2n) is 8.42. The van der Waals surface area contributed by atoms with Crippen molar-refractivity contribution in [2.75, 3.05) is 20.3 Å². The molecule has 6 nitrogen and oxygen atoms in total. The highest BCUT2D eigenvalue weighted by atomic mass is 16.5. The van der Waals surface area contributed by atoms with Crippen molar-refractivity contribution in [3.05, 3.63) is 83.4 Å². The molecule has 0 amide bonds. The van der Waals surface area contributed by atoms with Gasteiger partial charge in [0.05, 0.1) is 25.9 Å². The van der Waals surface area contributed by atoms with E-state index in [1.165, 1.54) is 7.11 Å². The number of unbranched alkanes of at least 4 members (excludes halogenated alkanes) is 2. The molecule has 0 saturated heterocycles. The number of carbonyl (C=O) groups is 1. The third-order valence-corrected chi connectivity index (χ3v) is 5.53. The van der Waals surface area contributed by atoms with Gasteiger partial charge >= 0.3 is 5.97 Å². The van der Waals surface area contributed by atoms with E-state index in [4.69, 9.17) is 23.7 Å². The number of esters is 1. The maximum absolute atomic E-state index is 12.1. The first kappa shape index (κ1) is 26.9. The van der Waals surface area contributed by atoms with Crippen molar-refractivity contribution in [3.8, 4) is 23.0 Å². The van der Waals surface area contributed by atoms with Crippen molar-refractivity contribution in [3.63, 3.8) is 0 Å². The van der Waals surface area contributed by atoms with E-state index in [2.05, 4.69) is 13.8 Å². The fraction of sp³-hybridized carbons (Fsp3) is 0.367. The number of ether oxygens (including phenoxy) is 5. The molecule has 192 valence electrons. The van der Waals surface area contributed by atoms with E-state index in [9.17, 15) is 4.79 Å². The lowest BCUT2D eigenvalue weighted by atomic mass is 10.2. The van der Waals surface area contributed by atoms with Gasteiger partial charge in [-0.25, -0.2) is 4.79 Å². The van der Waals surface area contributed by atoms with Crippen LogP contribution in [0.25, 0.3) is 0 Å². The molecule has 0 aliphatic rings. The minimum atomic E-state index is -0.432. The minimum absolute atomic E-state index is 0.319. The Morgan fingerprint density at radius 2 is 1.14 bits per heavy atom. The first-order chi connectivity index (χ1) is 17.6. The second-order valence-corrected chi connectivity index (χ2v) is 8.42. The molecule has 0 unspecified atom stereocenters. The molecule has 0 atom stereocenters. The summed E-state index contributed by atoms with van der Waals surface area (Å²) in [5, 5.41) is 0. The smallest absolute Gasteiger partial charge is 0.337 e. The number of hydrogen-bond acceptors (Lipinski definition) is 6. The van der Waals surface area contributed by atoms with Gasteiger partial charge in [0, 0.05) is 0 Å². The molecule has 0 aromatic heterocycles. The van der Waals surface area contributed by atoms with Gasteiger partial charge in [-0.2, -0.15) is 0 Å². The molecule has 36 heavy (non-hydrogen) atoms. The molecule has 0 radical (unpaired) electrons. The molecule has 3 rings (SSSR count). The summed E-state index contributed by atoms with van der Waals surface area (Å²) in [4.78, 5) is 12.1. The topological polar surface area (TPSA) is 63.2 Å². The zero-order valence-corrected chi connectivity index (χ0v) is 21.5. The van der Waals surface area contributed by atoms with Gasteiger partial charge in [0.1, 0.15) is 24.7 Å². The zero-order valence-electron chi connectivity index (χ0n) is 21.5. The van der Waals surface area contributed by atoms with E-state index < -0.39 is 5.97 Å². The molecule has 0 saturated carbocycles. The van der Waals surface area contributed by atoms with Gasteiger partial charge in [-0.3, -0.25) is 0 Å². The number of carbonyl (C=O) groups excluding carboxylic acids is 1. The lowest BCUT2D eigenvalue weighted by Gasteiger charge is -2.15. The van der Waals surface area contributed by atoms with Crippen LogP contribution < -0.4 is 18.9 Å². The molecular weight excluding hydrogens is 456 g/mol. The number of benzene rings is 3. The third-order valence-electron chi connectivity index (χ3n) is 5.53. The van der Waals surface area contributed by atoms with Gasteiger partial charge in [0.2, 0.25) is 0 Å². The maximum Gasteiger partial charge on any atom is 0.337 e. The monoisotopic (exact) mass is 492 g/mol. The third kappa shape index (κ3) is 8.52. The highest BCUT2D eigenvalue weighted by Crippen LogP contribution is 2.31. The summed E-state index contributed by atoms with van der Waals surface area (Å²) in [6.07, 6.45) is 4.26. The van der Waals surface area contributed by atoms with Crippen molar-refractivity contribution < 1.29 is 28.5 Å². The van der Waals surface area contributed by atoms with E-state index in [-0.39, 0.29) is 0 Å². The Morgan fingerprint density at radius 1 is 0.639 bits per heavy atom. The van der Waals surface area contributed by atoms with Crippen LogP contribution in [0.15, 0.2) is 66.7 Å². The fourth-order valence-electron chi connectivity index (χ4n) is 3.34. The number of methoxy groups -OCH3 is 1. The molecule has 0 aliphatic heterocycles. The largest absolute Gasteiger partial charge is 0.494 e. The van der Waals surface area contributed by atoms with Crippen LogP contribution in [0.2, 0.25) is 0 Å². The SMILES string of the molecule is CCCCOc1ccc(COc2ccc(C(=O)OC)cc2OCc2ccc(OCCCC)cc2)cc1. The van der Waals surface area contributed by atoms with Crippen LogP contribution in [-0.2, 0) is 18.0 Å². The molecule has 0 fully saturated rings. The molecule has 3 aromatic rings. The minimum Gasteiger partial charge on any atom is -0.494 e. The first-order valence-electron chi connectivity index (χ1n) is 12.5. The molecular formula is C30H36O6. The first-order valence-corrected chi connectivity index (χ1v) is 12.5. The molecule has 0 heterocycles. The molecule has 3 aromatic carbocycles. The van der Waals surface area contributed by atoms with Gasteiger partial charge in [0.25, 0.3) is 0 Å². The second kappa shape index (κ2) is 14.7. The Hall–Kier alpha value is -3.67. The van der Waals surface area contributed by atoms with Crippen LogP contribution in [0.5, 0.6) is 23.0 Å². The van der Waals surface area contributed by atoms with E-state index in [0.29, 0.717) is 43.5 Å². The van der Waals surface area contributed by atoms with Crippen LogP contribution in [0.3, 0.4) is 0 Å². The van der Waals surface area contributed by atoms with Crippen LogP contribution >= 0.6 is 0 Å². The average Bonchev–Trinajstić information content (AvgIpc) is 2.92. The molecule has 0 bridgehead atoms. The quantitative estimate of drug-likeness (QED) is 0.168. The molecule has 6 heteroatoms. The van der Waals surface area contributed by atoms with Gasteiger partial charge in [-0.05, 0) is 66.4 Å². The predicted molar refractivity (Wildman–Crippen MR) is 140 cm³/mol. The van der Waals surface area contributed by atoms with Crippen molar-refractivity contribution in [1.29, 1.82) is 0 Å². The van der Waals surface area contributed by atoms with E-state index in [0.717, 1.165) is 48.3 Å². The lowest BCUT2D eigenvalue weighted by Crippen LogP contribution is -2.05. The van der Waals surface area contributed by atoms with Crippen molar-refractivity contribution in [1.82, 2.24) is 0 Å². The molecule has 0 aliphatic carbocycles. The van der Waals surface area contributed by atoms with Gasteiger partial charge in [-0.15, -0.1) is 0 Å². The van der Waals surface area contributed by atoms with Crippen LogP contribution in [0.1, 0.15) is 61.0 Å². The predicted octanol–water partition coefficient (Wildman–Crippen LogP) is 6.99. The number of rotatable bonds is 15. The Kier molecular flexibility index (Phi) is 11.0. The van der Waals surface area contributed by atoms with E-state index in [1.54, 1.807) is 18.2 Å². The Morgan fingerprint density at radius 3 is 1.61 bits per heavy atom. The summed E-state index contributed by atoms with van der Waals surface area (Å²) >= 11 is 0. The van der Waals surface area contributed by atoms with Gasteiger partial charge in [-0.1, -0.05) is 51.0 Å². The van der Waals surface area contributed by atoms with Crippen molar-refractivity contribution in [2.24, 2.45) is 0 Å². The summed E-state index contributed by atoms with van der Waals surface area (Å²) in [6.45, 7) is 6.37. The normalized spacial score (nSPS) is 10.5. The number of hydrogen-bond donors (Lipinski definition) is 0. The summed E-state index contributed by atoms with van der Waals surface area (Å²) < 4.78 is 28.4. The average molecular weight is 493 g/mol. The summed E-state index contributed by atoms with van der Waals surface area (Å²) in [5.74, 6) is 2.27. The van der Waals surface area contributed by atoms with Crippen molar-refractivity contribution in [2.45, 2.75) is 52.7 Å². The highest BCUT2D eigenvalue weighted by molar-refractivity contribution is 5.90. The molecule has 0 spiro atoms. The summed E-state index contributed by atoms with van der Waals surface area (Å²) in [5.41, 5.74) is 2.37. The zero-order chi connectivity index (χ0) is 25.6. The Labute approximate surface area is 214 Å². The van der Waals surface area contributed by atoms with Crippen LogP contribution in [0.4, 0.5) is 0 Å². The fourth-order valence-corrected chi connectivity index (χ4v) is 3.34. The standard InChI is InChI=1S/C30H36O6/c1-4-6-18-33-26-13-8-23(9-14-26)21-35-28-17-12-25(30(31)32-3)20-29(28)36-22-24-10-15-27(16-11-24)34-19-7-5-2/h8-17,20H,4-7,18-19,21-22H2,1-3H3. The van der Waals surface area contributed by atoms with Crippen molar-refractivity contribution >= 4 is 5.97 Å². The summed E-state index contributed by atoms with van der Waals surface area (Å²) in [7, 11) is 1.35. The Balaban J connectivity index is 1.64. The molecule has 0 N–H and O–H groups in total. The summed E-state index contributed by atoms with van der Waals surface area (Å²) in [6, 6.07) is 20.7. The lowest BCUT2D eigenvalue weighted by molar-refractivity contribution is 0.0600. The van der Waals surface area contributed by atoms with E-state index in [1.807, 2.05) is 48.5 Å². The van der Waals surface area contributed by atoms with Gasteiger partial charge in [0.15, 0.2) is 11.5 Å². The highest BCUT2D eigenvalue weighted by Gasteiger charge is 2.13. The van der Waals surface area contributed by atoms with Gasteiger partial charge < -0.3 is 23.7 Å². The maximum atomic E-state index is 12.1. The Bertz CT molecular complexity index is 1060. The van der Waals surface area contributed by atoms with E-state index >= 15 is 0 Å². The van der Waals surface area contributed by atoms with Crippen LogP contribution in [-0.4, -0.2) is 26.3 Å².